The molecule has 11 nitrogen and oxygen atoms in total. The number of amides is 1. The number of nitrogens with one attached hydrogen (secondary N) is 2. The summed E-state index contributed by atoms with van der Waals surface area (Å²) in [6.07, 6.45) is 0. The van der Waals surface area contributed by atoms with Gasteiger partial charge in [0.15, 0.2) is 23.0 Å². The monoisotopic (exact) mass is 614 g/mol. The second-order valence-corrected chi connectivity index (χ2v) is 10.1. The number of methoxy groups -OCH3 is 6. The molecule has 1 amide bonds. The number of hydrogen-bond acceptors (Lipinski definition) is 9. The van der Waals surface area contributed by atoms with E-state index in [0.717, 1.165) is 32.9 Å². The molecule has 0 aliphatic carbocycles. The number of fused-ring (bicyclic) bond motifs is 3. The number of esters is 1. The second-order valence-electron chi connectivity index (χ2n) is 10.1. The van der Waals surface area contributed by atoms with Gasteiger partial charge in [-0.2, -0.15) is 0 Å². The molecule has 1 aromatic heterocycles. The summed E-state index contributed by atoms with van der Waals surface area (Å²) < 4.78 is 38.1. The number of ether oxygens (including phenoxy) is 7. The van der Waals surface area contributed by atoms with Gasteiger partial charge in [0.2, 0.25) is 11.5 Å². The summed E-state index contributed by atoms with van der Waals surface area (Å²) >= 11 is 0. The van der Waals surface area contributed by atoms with E-state index in [1.54, 1.807) is 24.3 Å². The Morgan fingerprint density at radius 3 is 1.71 bits per heavy atom. The van der Waals surface area contributed by atoms with Crippen molar-refractivity contribution in [3.05, 3.63) is 70.8 Å². The van der Waals surface area contributed by atoms with Crippen molar-refractivity contribution in [1.29, 1.82) is 0 Å². The maximum absolute atomic E-state index is 13.4. The van der Waals surface area contributed by atoms with E-state index in [1.807, 2.05) is 26.0 Å². The van der Waals surface area contributed by atoms with Gasteiger partial charge in [-0.3, -0.25) is 4.79 Å². The Kier molecular flexibility index (Phi) is 8.62. The molecule has 5 aromatic rings. The Hall–Kier alpha value is -5.58. The van der Waals surface area contributed by atoms with Crippen molar-refractivity contribution in [1.82, 2.24) is 4.98 Å². The van der Waals surface area contributed by atoms with Crippen molar-refractivity contribution in [2.75, 3.05) is 48.0 Å². The Balaban J connectivity index is 1.51. The van der Waals surface area contributed by atoms with Gasteiger partial charge in [0.25, 0.3) is 5.91 Å². The fourth-order valence-corrected chi connectivity index (χ4v) is 5.35. The molecule has 0 saturated heterocycles. The number of hydrogen-bond donors (Lipinski definition) is 2. The molecule has 1 heterocycles. The van der Waals surface area contributed by atoms with E-state index in [-0.39, 0.29) is 11.5 Å². The van der Waals surface area contributed by atoms with Gasteiger partial charge in [0.1, 0.15) is 5.75 Å². The highest BCUT2D eigenvalue weighted by molar-refractivity contribution is 6.14. The lowest BCUT2D eigenvalue weighted by molar-refractivity contribution is 0.0734. The lowest BCUT2D eigenvalue weighted by Crippen LogP contribution is -2.14. The molecule has 5 rings (SSSR count). The first-order chi connectivity index (χ1) is 21.7. The second kappa shape index (κ2) is 12.6. The van der Waals surface area contributed by atoms with Crippen LogP contribution in [0.25, 0.3) is 21.8 Å². The molecule has 0 aliphatic heterocycles. The first kappa shape index (κ1) is 30.9. The molecule has 0 atom stereocenters. The predicted molar refractivity (Wildman–Crippen MR) is 170 cm³/mol. The van der Waals surface area contributed by atoms with Crippen molar-refractivity contribution in [2.45, 2.75) is 13.8 Å². The number of benzene rings is 4. The van der Waals surface area contributed by atoms with Crippen LogP contribution in [0.4, 0.5) is 5.69 Å². The van der Waals surface area contributed by atoms with E-state index in [0.29, 0.717) is 51.5 Å². The third-order valence-corrected chi connectivity index (χ3v) is 7.59. The van der Waals surface area contributed by atoms with Gasteiger partial charge in [-0.25, -0.2) is 4.79 Å². The van der Waals surface area contributed by atoms with Gasteiger partial charge in [-0.05, 0) is 73.5 Å². The van der Waals surface area contributed by atoms with Crippen molar-refractivity contribution in [2.24, 2.45) is 0 Å². The molecule has 0 radical (unpaired) electrons. The fourth-order valence-electron chi connectivity index (χ4n) is 5.35. The first-order valence-corrected chi connectivity index (χ1v) is 13.9. The Bertz CT molecular complexity index is 1890. The highest BCUT2D eigenvalue weighted by atomic mass is 16.5. The van der Waals surface area contributed by atoms with E-state index in [4.69, 9.17) is 33.2 Å². The van der Waals surface area contributed by atoms with E-state index in [2.05, 4.69) is 10.3 Å². The fraction of sp³-hybridized carbons (Fsp3) is 0.235. The Morgan fingerprint density at radius 1 is 0.667 bits per heavy atom. The molecule has 4 aromatic carbocycles. The summed E-state index contributed by atoms with van der Waals surface area (Å²) in [4.78, 5) is 30.1. The zero-order chi connectivity index (χ0) is 32.4. The molecule has 0 fully saturated rings. The molecule has 0 unspecified atom stereocenters. The van der Waals surface area contributed by atoms with E-state index >= 15 is 0 Å². The average molecular weight is 615 g/mol. The standard InChI is InChI=1S/C34H34N2O9/c1-17-11-24(36-33(37)19-12-25(39-3)31(43-7)26(13-19)40-4)18(2)29-22-16-21(9-10-23(22)35-30(17)29)45-34(38)20-14-27(41-5)32(44-8)28(15-20)42-6/h9-16,35H,1-8H3,(H,36,37). The minimum Gasteiger partial charge on any atom is -0.493 e. The molecular formula is C34H34N2O9. The van der Waals surface area contributed by atoms with Crippen LogP contribution in [0, 0.1) is 13.8 Å². The largest absolute Gasteiger partial charge is 0.493 e. The number of H-pyrrole nitrogens is 1. The van der Waals surface area contributed by atoms with Crippen molar-refractivity contribution < 1.29 is 42.7 Å². The zero-order valence-electron chi connectivity index (χ0n) is 26.3. The van der Waals surface area contributed by atoms with Crippen LogP contribution in [0.2, 0.25) is 0 Å². The number of rotatable bonds is 10. The smallest absolute Gasteiger partial charge is 0.343 e. The number of carbonyl (C=O) groups is 2. The quantitative estimate of drug-likeness (QED) is 0.135. The molecule has 0 saturated carbocycles. The molecule has 234 valence electrons. The van der Waals surface area contributed by atoms with Crippen molar-refractivity contribution >= 4 is 39.4 Å². The number of aromatic amines is 1. The molecule has 2 N–H and O–H groups in total. The highest BCUT2D eigenvalue weighted by Gasteiger charge is 2.21. The third kappa shape index (κ3) is 5.60. The molecule has 0 aliphatic rings. The van der Waals surface area contributed by atoms with Crippen LogP contribution in [-0.4, -0.2) is 59.5 Å². The Labute approximate surface area is 259 Å². The van der Waals surface area contributed by atoms with Gasteiger partial charge in [0, 0.05) is 33.1 Å². The van der Waals surface area contributed by atoms with Crippen LogP contribution in [0.1, 0.15) is 31.8 Å². The number of carbonyl (C=O) groups excluding carboxylic acids is 2. The highest BCUT2D eigenvalue weighted by Crippen LogP contribution is 2.41. The maximum atomic E-state index is 13.4. The van der Waals surface area contributed by atoms with Crippen molar-refractivity contribution in [3.8, 4) is 40.2 Å². The first-order valence-electron chi connectivity index (χ1n) is 13.9. The third-order valence-electron chi connectivity index (χ3n) is 7.59. The molecule has 11 heteroatoms. The lowest BCUT2D eigenvalue weighted by atomic mass is 10.0. The van der Waals surface area contributed by atoms with Crippen LogP contribution < -0.4 is 38.5 Å². The average Bonchev–Trinajstić information content (AvgIpc) is 3.45. The summed E-state index contributed by atoms with van der Waals surface area (Å²) in [5.74, 6) is 1.57. The zero-order valence-corrected chi connectivity index (χ0v) is 26.3. The lowest BCUT2D eigenvalue weighted by Gasteiger charge is -2.15. The molecular weight excluding hydrogens is 580 g/mol. The summed E-state index contributed by atoms with van der Waals surface area (Å²) in [5, 5.41) is 4.74. The number of aromatic nitrogens is 1. The van der Waals surface area contributed by atoms with E-state index in [9.17, 15) is 9.59 Å². The van der Waals surface area contributed by atoms with Crippen LogP contribution in [-0.2, 0) is 0 Å². The van der Waals surface area contributed by atoms with E-state index in [1.165, 1.54) is 54.8 Å². The molecule has 0 spiro atoms. The summed E-state index contributed by atoms with van der Waals surface area (Å²) in [6.45, 7) is 3.88. The van der Waals surface area contributed by atoms with Gasteiger partial charge in [-0.1, -0.05) is 0 Å². The van der Waals surface area contributed by atoms with Crippen molar-refractivity contribution in [3.63, 3.8) is 0 Å². The number of aryl methyl sites for hydroxylation is 2. The van der Waals surface area contributed by atoms with Crippen LogP contribution in [0.15, 0.2) is 48.5 Å². The predicted octanol–water partition coefficient (Wildman–Crippen LogP) is 6.46. The van der Waals surface area contributed by atoms with Gasteiger partial charge in [0.05, 0.1) is 48.2 Å². The SMILES string of the molecule is COc1cc(C(=O)Nc2cc(C)c3[nH]c4ccc(OC(=O)c5cc(OC)c(OC)c(OC)c5)cc4c3c2C)cc(OC)c1OC. The summed E-state index contributed by atoms with van der Waals surface area (Å²) in [7, 11) is 8.93. The minimum absolute atomic E-state index is 0.229. The maximum Gasteiger partial charge on any atom is 0.343 e. The summed E-state index contributed by atoms with van der Waals surface area (Å²) in [6, 6.07) is 13.5. The topological polar surface area (TPSA) is 127 Å². The number of anilines is 1. The minimum atomic E-state index is -0.598. The van der Waals surface area contributed by atoms with Gasteiger partial charge >= 0.3 is 5.97 Å². The van der Waals surface area contributed by atoms with Crippen LogP contribution >= 0.6 is 0 Å². The molecule has 45 heavy (non-hydrogen) atoms. The van der Waals surface area contributed by atoms with E-state index < -0.39 is 5.97 Å². The normalized spacial score (nSPS) is 10.8. The summed E-state index contributed by atoms with van der Waals surface area (Å²) in [5.41, 5.74) is 4.69. The van der Waals surface area contributed by atoms with Gasteiger partial charge in [-0.15, -0.1) is 0 Å². The van der Waals surface area contributed by atoms with Crippen LogP contribution in [0.5, 0.6) is 40.2 Å². The molecule has 0 bridgehead atoms. The Morgan fingerprint density at radius 2 is 1.20 bits per heavy atom. The van der Waals surface area contributed by atoms with Crippen LogP contribution in [0.3, 0.4) is 0 Å². The van der Waals surface area contributed by atoms with Gasteiger partial charge < -0.3 is 43.5 Å².